The Kier molecular flexibility index (Phi) is 6.70. The fraction of sp³-hybridized carbons (Fsp3) is 0.222. The monoisotopic (exact) mass is 362 g/mol. The third-order valence-corrected chi connectivity index (χ3v) is 4.66. The van der Waals surface area contributed by atoms with Crippen molar-refractivity contribution in [3.8, 4) is 0 Å². The van der Waals surface area contributed by atoms with E-state index < -0.39 is 0 Å². The minimum Gasteiger partial charge on any atom is -0.336 e. The summed E-state index contributed by atoms with van der Waals surface area (Å²) >= 11 is 7.45. The quantitative estimate of drug-likeness (QED) is 0.794. The van der Waals surface area contributed by atoms with Crippen LogP contribution in [0.25, 0.3) is 0 Å². The van der Waals surface area contributed by atoms with Crippen LogP contribution < -0.4 is 5.32 Å². The van der Waals surface area contributed by atoms with Gasteiger partial charge < -0.3 is 10.2 Å². The SMILES string of the molecule is Cc1ccc(SCC(=O)N(C)CC(=O)Nc2ccccc2Cl)cc1. The minimum atomic E-state index is -0.278. The highest BCUT2D eigenvalue weighted by Crippen LogP contribution is 2.20. The minimum absolute atomic E-state index is 0.0154. The zero-order chi connectivity index (χ0) is 17.5. The number of carbonyl (C=O) groups is 2. The average Bonchev–Trinajstić information content (AvgIpc) is 2.56. The predicted octanol–water partition coefficient (Wildman–Crippen LogP) is 3.84. The average molecular weight is 363 g/mol. The molecule has 0 spiro atoms. The molecule has 0 aliphatic carbocycles. The van der Waals surface area contributed by atoms with E-state index in [0.717, 1.165) is 4.90 Å². The molecular formula is C18H19ClN2O2S. The molecule has 0 unspecified atom stereocenters. The van der Waals surface area contributed by atoms with Crippen molar-refractivity contribution in [3.63, 3.8) is 0 Å². The molecule has 0 heterocycles. The van der Waals surface area contributed by atoms with Crippen LogP contribution in [-0.2, 0) is 9.59 Å². The highest BCUT2D eigenvalue weighted by atomic mass is 35.5. The third kappa shape index (κ3) is 5.58. The van der Waals surface area contributed by atoms with Crippen molar-refractivity contribution in [1.82, 2.24) is 4.90 Å². The number of thioether (sulfide) groups is 1. The Bertz CT molecular complexity index is 719. The molecular weight excluding hydrogens is 344 g/mol. The molecule has 0 aliphatic rings. The Morgan fingerprint density at radius 2 is 1.79 bits per heavy atom. The number of amides is 2. The first kappa shape index (κ1) is 18.4. The largest absolute Gasteiger partial charge is 0.336 e. The maximum atomic E-state index is 12.1. The number of rotatable bonds is 6. The molecule has 4 nitrogen and oxygen atoms in total. The Morgan fingerprint density at radius 1 is 1.12 bits per heavy atom. The molecule has 2 aromatic carbocycles. The van der Waals surface area contributed by atoms with Crippen molar-refractivity contribution in [2.24, 2.45) is 0 Å². The number of nitrogens with one attached hydrogen (secondary N) is 1. The van der Waals surface area contributed by atoms with E-state index in [4.69, 9.17) is 11.6 Å². The second-order valence-electron chi connectivity index (χ2n) is 5.38. The van der Waals surface area contributed by atoms with Gasteiger partial charge in [0.1, 0.15) is 0 Å². The van der Waals surface area contributed by atoms with E-state index in [-0.39, 0.29) is 18.4 Å². The van der Waals surface area contributed by atoms with Crippen LogP contribution in [0.5, 0.6) is 0 Å². The van der Waals surface area contributed by atoms with E-state index in [1.165, 1.54) is 22.2 Å². The standard InChI is InChI=1S/C18H19ClN2O2S/c1-13-7-9-14(10-8-13)24-12-18(23)21(2)11-17(22)20-16-6-4-3-5-15(16)19/h3-10H,11-12H2,1-2H3,(H,20,22). The first-order valence-corrected chi connectivity index (χ1v) is 8.80. The first-order chi connectivity index (χ1) is 11.5. The summed E-state index contributed by atoms with van der Waals surface area (Å²) in [6, 6.07) is 15.0. The summed E-state index contributed by atoms with van der Waals surface area (Å²) in [5, 5.41) is 3.17. The molecule has 0 saturated heterocycles. The summed E-state index contributed by atoms with van der Waals surface area (Å²) in [4.78, 5) is 26.6. The van der Waals surface area contributed by atoms with Crippen molar-refractivity contribution >= 4 is 40.9 Å². The Hall–Kier alpha value is -1.98. The second kappa shape index (κ2) is 8.76. The van der Waals surface area contributed by atoms with E-state index in [2.05, 4.69) is 5.32 Å². The molecule has 0 saturated carbocycles. The normalized spacial score (nSPS) is 10.3. The summed E-state index contributed by atoms with van der Waals surface area (Å²) < 4.78 is 0. The summed E-state index contributed by atoms with van der Waals surface area (Å²) in [6.07, 6.45) is 0. The van der Waals surface area contributed by atoms with Gasteiger partial charge in [-0.1, -0.05) is 41.4 Å². The second-order valence-corrected chi connectivity index (χ2v) is 6.84. The Balaban J connectivity index is 1.81. The number of hydrogen-bond acceptors (Lipinski definition) is 3. The zero-order valence-electron chi connectivity index (χ0n) is 13.6. The van der Waals surface area contributed by atoms with Crippen LogP contribution in [-0.4, -0.2) is 36.1 Å². The maximum absolute atomic E-state index is 12.1. The number of halogens is 1. The van der Waals surface area contributed by atoms with Gasteiger partial charge in [-0.15, -0.1) is 11.8 Å². The van der Waals surface area contributed by atoms with Crippen LogP contribution in [0.3, 0.4) is 0 Å². The van der Waals surface area contributed by atoms with Crippen molar-refractivity contribution < 1.29 is 9.59 Å². The predicted molar refractivity (Wildman–Crippen MR) is 99.6 cm³/mol. The maximum Gasteiger partial charge on any atom is 0.244 e. The van der Waals surface area contributed by atoms with Gasteiger partial charge in [0.05, 0.1) is 23.0 Å². The lowest BCUT2D eigenvalue weighted by atomic mass is 10.2. The van der Waals surface area contributed by atoms with Gasteiger partial charge in [0.2, 0.25) is 11.8 Å². The van der Waals surface area contributed by atoms with Gasteiger partial charge in [-0.3, -0.25) is 9.59 Å². The van der Waals surface area contributed by atoms with Gasteiger partial charge in [-0.05, 0) is 31.2 Å². The summed E-state index contributed by atoms with van der Waals surface area (Å²) in [5.41, 5.74) is 1.72. The number of benzene rings is 2. The molecule has 0 atom stereocenters. The number of anilines is 1. The number of hydrogen-bond donors (Lipinski definition) is 1. The molecule has 24 heavy (non-hydrogen) atoms. The van der Waals surface area contributed by atoms with Crippen molar-refractivity contribution in [2.45, 2.75) is 11.8 Å². The summed E-state index contributed by atoms with van der Waals surface area (Å²) in [6.45, 7) is 2.00. The van der Waals surface area contributed by atoms with Crippen molar-refractivity contribution in [3.05, 3.63) is 59.1 Å². The van der Waals surface area contributed by atoms with Crippen LogP contribution in [0.15, 0.2) is 53.4 Å². The lowest BCUT2D eigenvalue weighted by molar-refractivity contribution is -0.131. The van der Waals surface area contributed by atoms with E-state index in [0.29, 0.717) is 16.5 Å². The molecule has 2 rings (SSSR count). The van der Waals surface area contributed by atoms with Gasteiger partial charge in [0.25, 0.3) is 0 Å². The molecule has 0 fully saturated rings. The van der Waals surface area contributed by atoms with Crippen molar-refractivity contribution in [1.29, 1.82) is 0 Å². The molecule has 6 heteroatoms. The smallest absolute Gasteiger partial charge is 0.244 e. The molecule has 0 aliphatic heterocycles. The highest BCUT2D eigenvalue weighted by Gasteiger charge is 2.14. The van der Waals surface area contributed by atoms with Crippen LogP contribution in [0, 0.1) is 6.92 Å². The fourth-order valence-corrected chi connectivity index (χ4v) is 2.97. The van der Waals surface area contributed by atoms with E-state index in [1.807, 2.05) is 31.2 Å². The number of likely N-dealkylation sites (N-methyl/N-ethyl adjacent to an activating group) is 1. The Morgan fingerprint density at radius 3 is 2.46 bits per heavy atom. The molecule has 2 amide bonds. The third-order valence-electron chi connectivity index (χ3n) is 3.34. The molecule has 0 aromatic heterocycles. The first-order valence-electron chi connectivity index (χ1n) is 7.43. The molecule has 1 N–H and O–H groups in total. The van der Waals surface area contributed by atoms with Crippen LogP contribution in [0.4, 0.5) is 5.69 Å². The number of carbonyl (C=O) groups excluding carboxylic acids is 2. The summed E-state index contributed by atoms with van der Waals surface area (Å²) in [5.74, 6) is -0.0898. The number of nitrogens with zero attached hydrogens (tertiary/aromatic N) is 1. The van der Waals surface area contributed by atoms with Gasteiger partial charge in [-0.25, -0.2) is 0 Å². The highest BCUT2D eigenvalue weighted by molar-refractivity contribution is 8.00. The summed E-state index contributed by atoms with van der Waals surface area (Å²) in [7, 11) is 1.62. The van der Waals surface area contributed by atoms with Gasteiger partial charge in [0, 0.05) is 11.9 Å². The van der Waals surface area contributed by atoms with E-state index in [1.54, 1.807) is 31.3 Å². The van der Waals surface area contributed by atoms with Crippen LogP contribution in [0.2, 0.25) is 5.02 Å². The van der Waals surface area contributed by atoms with Gasteiger partial charge in [0.15, 0.2) is 0 Å². The number of aryl methyl sites for hydroxylation is 1. The molecule has 2 aromatic rings. The van der Waals surface area contributed by atoms with Crippen molar-refractivity contribution in [2.75, 3.05) is 24.7 Å². The van der Waals surface area contributed by atoms with E-state index in [9.17, 15) is 9.59 Å². The van der Waals surface area contributed by atoms with Gasteiger partial charge in [-0.2, -0.15) is 0 Å². The van der Waals surface area contributed by atoms with Crippen LogP contribution >= 0.6 is 23.4 Å². The number of para-hydroxylation sites is 1. The molecule has 126 valence electrons. The fourth-order valence-electron chi connectivity index (χ4n) is 1.95. The molecule has 0 radical (unpaired) electrons. The topological polar surface area (TPSA) is 49.4 Å². The van der Waals surface area contributed by atoms with Gasteiger partial charge >= 0.3 is 0 Å². The van der Waals surface area contributed by atoms with Crippen LogP contribution in [0.1, 0.15) is 5.56 Å². The lowest BCUT2D eigenvalue weighted by Gasteiger charge is -2.17. The molecule has 0 bridgehead atoms. The zero-order valence-corrected chi connectivity index (χ0v) is 15.2. The lowest BCUT2D eigenvalue weighted by Crippen LogP contribution is -2.36. The van der Waals surface area contributed by atoms with E-state index >= 15 is 0 Å². The Labute approximate surface area is 151 Å².